The normalized spacial score (nSPS) is 13.1. The van der Waals surface area contributed by atoms with E-state index < -0.39 is 0 Å². The Hall–Kier alpha value is -1.36. The molecule has 0 aromatic carbocycles. The summed E-state index contributed by atoms with van der Waals surface area (Å²) in [6.07, 6.45) is 2.96. The Kier molecular flexibility index (Phi) is 3.64. The minimum atomic E-state index is -0.348. The van der Waals surface area contributed by atoms with Crippen LogP contribution in [0.3, 0.4) is 0 Å². The highest BCUT2D eigenvalue weighted by molar-refractivity contribution is 5.80. The van der Waals surface area contributed by atoms with Crippen LogP contribution < -0.4 is 11.1 Å². The van der Waals surface area contributed by atoms with Crippen molar-refractivity contribution in [1.82, 2.24) is 10.3 Å². The van der Waals surface area contributed by atoms with Gasteiger partial charge in [0.05, 0.1) is 18.8 Å². The number of nitrogens with two attached hydrogens (primary N) is 1. The lowest BCUT2D eigenvalue weighted by molar-refractivity contribution is -0.121. The summed E-state index contributed by atoms with van der Waals surface area (Å²) in [7, 11) is 0. The molecule has 0 aliphatic rings. The van der Waals surface area contributed by atoms with Crippen molar-refractivity contribution in [3.05, 3.63) is 18.4 Å². The zero-order valence-electron chi connectivity index (χ0n) is 8.36. The fourth-order valence-corrected chi connectivity index (χ4v) is 1.20. The van der Waals surface area contributed by atoms with E-state index in [0.29, 0.717) is 12.3 Å². The fourth-order valence-electron chi connectivity index (χ4n) is 1.20. The maximum Gasteiger partial charge on any atom is 0.234 e. The van der Waals surface area contributed by atoms with Crippen molar-refractivity contribution in [2.75, 3.05) is 0 Å². The molecule has 1 atom stereocenters. The lowest BCUT2D eigenvalue weighted by Crippen LogP contribution is -2.44. The molecule has 78 valence electrons. The van der Waals surface area contributed by atoms with Crippen LogP contribution >= 0.6 is 0 Å². The van der Waals surface area contributed by atoms with Gasteiger partial charge in [-0.1, -0.05) is 13.8 Å². The average molecular weight is 197 g/mol. The Balaban J connectivity index is 2.45. The number of hydrogen-bond acceptors (Lipinski definition) is 4. The molecule has 1 aromatic heterocycles. The zero-order chi connectivity index (χ0) is 10.6. The van der Waals surface area contributed by atoms with Gasteiger partial charge < -0.3 is 10.2 Å². The number of carbonyl (C=O) groups excluding carboxylic acids is 1. The third kappa shape index (κ3) is 2.85. The summed E-state index contributed by atoms with van der Waals surface area (Å²) in [5.74, 6) is 0.506. The summed E-state index contributed by atoms with van der Waals surface area (Å²) in [6, 6.07) is -0.333. The van der Waals surface area contributed by atoms with Crippen LogP contribution in [0.1, 0.15) is 19.6 Å². The molecule has 0 saturated heterocycles. The maximum atomic E-state index is 11.0. The van der Waals surface area contributed by atoms with E-state index in [2.05, 4.69) is 10.3 Å². The molecular weight excluding hydrogens is 182 g/mol. The molecule has 0 saturated carbocycles. The van der Waals surface area contributed by atoms with Gasteiger partial charge in [0.15, 0.2) is 6.39 Å². The third-order valence-corrected chi connectivity index (χ3v) is 1.95. The van der Waals surface area contributed by atoms with E-state index in [1.54, 1.807) is 6.20 Å². The van der Waals surface area contributed by atoms with Gasteiger partial charge in [-0.2, -0.15) is 0 Å². The van der Waals surface area contributed by atoms with Gasteiger partial charge in [0.1, 0.15) is 5.76 Å². The van der Waals surface area contributed by atoms with Crippen molar-refractivity contribution in [2.45, 2.75) is 26.4 Å². The first-order valence-corrected chi connectivity index (χ1v) is 4.51. The van der Waals surface area contributed by atoms with Crippen molar-refractivity contribution in [3.8, 4) is 0 Å². The number of primary amides is 1. The standard InChI is InChI=1S/C9H15N3O2/c1-6(2)8(9(10)13)12-4-7-3-11-5-14-7/h3,5-6,8,12H,4H2,1-2H3,(H2,10,13). The number of carbonyl (C=O) groups is 1. The minimum absolute atomic E-state index is 0.162. The van der Waals surface area contributed by atoms with Gasteiger partial charge in [0.2, 0.25) is 5.91 Å². The summed E-state index contributed by atoms with van der Waals surface area (Å²) >= 11 is 0. The number of oxazole rings is 1. The molecule has 1 unspecified atom stereocenters. The van der Waals surface area contributed by atoms with Gasteiger partial charge in [-0.3, -0.25) is 10.1 Å². The Labute approximate surface area is 82.7 Å². The molecule has 1 aromatic rings. The van der Waals surface area contributed by atoms with Crippen LogP contribution in [0.15, 0.2) is 17.0 Å². The van der Waals surface area contributed by atoms with Crippen LogP contribution in [0.4, 0.5) is 0 Å². The molecule has 14 heavy (non-hydrogen) atoms. The number of nitrogens with one attached hydrogen (secondary N) is 1. The first-order chi connectivity index (χ1) is 6.61. The van der Waals surface area contributed by atoms with E-state index in [-0.39, 0.29) is 17.9 Å². The van der Waals surface area contributed by atoms with Crippen LogP contribution in [0, 0.1) is 5.92 Å². The van der Waals surface area contributed by atoms with Gasteiger partial charge in [-0.15, -0.1) is 0 Å². The summed E-state index contributed by atoms with van der Waals surface area (Å²) in [5, 5.41) is 3.01. The molecule has 1 amide bonds. The predicted octanol–water partition coefficient (Wildman–Crippen LogP) is 0.274. The number of rotatable bonds is 5. The van der Waals surface area contributed by atoms with E-state index in [1.165, 1.54) is 6.39 Å². The van der Waals surface area contributed by atoms with Gasteiger partial charge in [0.25, 0.3) is 0 Å². The molecule has 1 heterocycles. The Morgan fingerprint density at radius 3 is 2.86 bits per heavy atom. The number of nitrogens with zero attached hydrogens (tertiary/aromatic N) is 1. The molecule has 0 radical (unpaired) electrons. The maximum absolute atomic E-state index is 11.0. The zero-order valence-corrected chi connectivity index (χ0v) is 8.36. The van der Waals surface area contributed by atoms with Crippen LogP contribution in [0.2, 0.25) is 0 Å². The molecule has 0 aliphatic carbocycles. The highest BCUT2D eigenvalue weighted by Crippen LogP contribution is 2.03. The van der Waals surface area contributed by atoms with Gasteiger partial charge >= 0.3 is 0 Å². The van der Waals surface area contributed by atoms with Crippen molar-refractivity contribution >= 4 is 5.91 Å². The van der Waals surface area contributed by atoms with Crippen LogP contribution in [0.5, 0.6) is 0 Å². The quantitative estimate of drug-likeness (QED) is 0.710. The van der Waals surface area contributed by atoms with Crippen molar-refractivity contribution in [3.63, 3.8) is 0 Å². The second kappa shape index (κ2) is 4.76. The molecule has 3 N–H and O–H groups in total. The monoisotopic (exact) mass is 197 g/mol. The van der Waals surface area contributed by atoms with Gasteiger partial charge in [0, 0.05) is 0 Å². The fraction of sp³-hybridized carbons (Fsp3) is 0.556. The molecule has 0 fully saturated rings. The van der Waals surface area contributed by atoms with E-state index in [9.17, 15) is 4.79 Å². The Morgan fingerprint density at radius 2 is 2.43 bits per heavy atom. The molecule has 0 spiro atoms. The number of aromatic nitrogens is 1. The van der Waals surface area contributed by atoms with Crippen molar-refractivity contribution in [2.24, 2.45) is 11.7 Å². The average Bonchev–Trinajstić information content (AvgIpc) is 2.55. The van der Waals surface area contributed by atoms with Gasteiger partial charge in [-0.25, -0.2) is 4.98 Å². The second-order valence-corrected chi connectivity index (χ2v) is 3.47. The lowest BCUT2D eigenvalue weighted by atomic mass is 10.0. The van der Waals surface area contributed by atoms with Crippen LogP contribution in [-0.4, -0.2) is 16.9 Å². The first kappa shape index (κ1) is 10.7. The SMILES string of the molecule is CC(C)C(NCc1cnco1)C(N)=O. The highest BCUT2D eigenvalue weighted by atomic mass is 16.3. The molecule has 5 heteroatoms. The Morgan fingerprint density at radius 1 is 1.71 bits per heavy atom. The van der Waals surface area contributed by atoms with Crippen molar-refractivity contribution in [1.29, 1.82) is 0 Å². The predicted molar refractivity (Wildman–Crippen MR) is 51.2 cm³/mol. The summed E-state index contributed by atoms with van der Waals surface area (Å²) in [5.41, 5.74) is 5.23. The highest BCUT2D eigenvalue weighted by Gasteiger charge is 2.18. The van der Waals surface area contributed by atoms with Crippen LogP contribution in [-0.2, 0) is 11.3 Å². The number of hydrogen-bond donors (Lipinski definition) is 2. The summed E-state index contributed by atoms with van der Waals surface area (Å²) < 4.78 is 5.02. The Bertz CT molecular complexity index is 282. The van der Waals surface area contributed by atoms with E-state index in [0.717, 1.165) is 0 Å². The topological polar surface area (TPSA) is 81.2 Å². The largest absolute Gasteiger partial charge is 0.447 e. The molecule has 5 nitrogen and oxygen atoms in total. The molecule has 1 rings (SSSR count). The third-order valence-electron chi connectivity index (χ3n) is 1.95. The minimum Gasteiger partial charge on any atom is -0.447 e. The smallest absolute Gasteiger partial charge is 0.234 e. The van der Waals surface area contributed by atoms with E-state index >= 15 is 0 Å². The van der Waals surface area contributed by atoms with E-state index in [1.807, 2.05) is 13.8 Å². The first-order valence-electron chi connectivity index (χ1n) is 4.51. The summed E-state index contributed by atoms with van der Waals surface area (Å²) in [6.45, 7) is 4.33. The van der Waals surface area contributed by atoms with Gasteiger partial charge in [-0.05, 0) is 5.92 Å². The van der Waals surface area contributed by atoms with Crippen LogP contribution in [0.25, 0.3) is 0 Å². The second-order valence-electron chi connectivity index (χ2n) is 3.47. The summed E-state index contributed by atoms with van der Waals surface area (Å²) in [4.78, 5) is 14.8. The molecular formula is C9H15N3O2. The van der Waals surface area contributed by atoms with E-state index in [4.69, 9.17) is 10.2 Å². The lowest BCUT2D eigenvalue weighted by Gasteiger charge is -2.17. The molecule has 0 aliphatic heterocycles. The van der Waals surface area contributed by atoms with Crippen molar-refractivity contribution < 1.29 is 9.21 Å². The molecule has 0 bridgehead atoms. The number of amides is 1.